The molecule has 0 fully saturated rings. The van der Waals surface area contributed by atoms with Crippen LogP contribution in [-0.2, 0) is 0 Å². The smallest absolute Gasteiger partial charge is 0.0175 e. The topological polar surface area (TPSA) is 0 Å². The first-order valence-electron chi connectivity index (χ1n) is 11.0. The molecule has 0 spiro atoms. The quantitative estimate of drug-likeness (QED) is 0.374. The van der Waals surface area contributed by atoms with E-state index in [9.17, 15) is 0 Å². The maximum atomic E-state index is 3.60. The summed E-state index contributed by atoms with van der Waals surface area (Å²) in [6, 6.07) is 24.6. The lowest BCUT2D eigenvalue weighted by molar-refractivity contribution is 0.258. The molecule has 3 aromatic carbocycles. The standard InChI is InChI=1S/C28H31Br/c1-5-23-26(18(2)3)17-19(4)27-24(20-9-7-6-8-10-20)15-16-25(28(23)27)21-11-13-22(29)14-12-21/h6-16,18-19,23,26H,5,17H2,1-4H3/t19-,23?,26?/m0/s1. The van der Waals surface area contributed by atoms with Gasteiger partial charge in [0, 0.05) is 4.47 Å². The zero-order valence-electron chi connectivity index (χ0n) is 18.0. The lowest BCUT2D eigenvalue weighted by Crippen LogP contribution is -2.27. The van der Waals surface area contributed by atoms with Crippen LogP contribution in [0.4, 0.5) is 0 Å². The van der Waals surface area contributed by atoms with Gasteiger partial charge in [0.15, 0.2) is 0 Å². The van der Waals surface area contributed by atoms with E-state index >= 15 is 0 Å². The molecule has 0 nitrogen and oxygen atoms in total. The molecule has 0 saturated carbocycles. The van der Waals surface area contributed by atoms with Gasteiger partial charge in [0.2, 0.25) is 0 Å². The highest BCUT2D eigenvalue weighted by molar-refractivity contribution is 9.10. The molecule has 0 amide bonds. The maximum Gasteiger partial charge on any atom is 0.0175 e. The summed E-state index contributed by atoms with van der Waals surface area (Å²) in [5, 5.41) is 0. The van der Waals surface area contributed by atoms with Crippen molar-refractivity contribution < 1.29 is 0 Å². The van der Waals surface area contributed by atoms with Gasteiger partial charge in [-0.15, -0.1) is 0 Å². The first kappa shape index (κ1) is 20.4. The van der Waals surface area contributed by atoms with Gasteiger partial charge in [-0.3, -0.25) is 0 Å². The van der Waals surface area contributed by atoms with Crippen LogP contribution in [0, 0.1) is 11.8 Å². The third kappa shape index (κ3) is 3.82. The first-order chi connectivity index (χ1) is 14.0. The molecule has 0 aromatic heterocycles. The van der Waals surface area contributed by atoms with E-state index in [0.717, 1.165) is 10.4 Å². The lowest BCUT2D eigenvalue weighted by atomic mass is 9.63. The Morgan fingerprint density at radius 2 is 1.41 bits per heavy atom. The summed E-state index contributed by atoms with van der Waals surface area (Å²) in [5.74, 6) is 2.63. The van der Waals surface area contributed by atoms with Crippen molar-refractivity contribution >= 4 is 15.9 Å². The van der Waals surface area contributed by atoms with Crippen LogP contribution in [0.3, 0.4) is 0 Å². The molecule has 1 aliphatic rings. The summed E-state index contributed by atoms with van der Waals surface area (Å²) < 4.78 is 1.14. The zero-order valence-corrected chi connectivity index (χ0v) is 19.5. The highest BCUT2D eigenvalue weighted by Gasteiger charge is 2.37. The Labute approximate surface area is 184 Å². The lowest BCUT2D eigenvalue weighted by Gasteiger charge is -2.41. The van der Waals surface area contributed by atoms with Crippen molar-refractivity contribution in [3.05, 3.63) is 82.3 Å². The summed E-state index contributed by atoms with van der Waals surface area (Å²) in [7, 11) is 0. The summed E-state index contributed by atoms with van der Waals surface area (Å²) in [4.78, 5) is 0. The number of halogens is 1. The molecule has 2 unspecified atom stereocenters. The molecule has 29 heavy (non-hydrogen) atoms. The van der Waals surface area contributed by atoms with Gasteiger partial charge in [0.25, 0.3) is 0 Å². The molecule has 0 heterocycles. The number of hydrogen-bond donors (Lipinski definition) is 0. The van der Waals surface area contributed by atoms with Crippen molar-refractivity contribution in [1.82, 2.24) is 0 Å². The fraction of sp³-hybridized carbons (Fsp3) is 0.357. The van der Waals surface area contributed by atoms with Crippen LogP contribution in [0.5, 0.6) is 0 Å². The summed E-state index contributed by atoms with van der Waals surface area (Å²) >= 11 is 3.60. The molecular formula is C28H31Br. The van der Waals surface area contributed by atoms with E-state index in [1.165, 1.54) is 35.1 Å². The van der Waals surface area contributed by atoms with Crippen LogP contribution in [0.25, 0.3) is 22.3 Å². The molecule has 3 aromatic rings. The first-order valence-corrected chi connectivity index (χ1v) is 11.8. The molecule has 150 valence electrons. The van der Waals surface area contributed by atoms with E-state index in [1.54, 1.807) is 11.1 Å². The van der Waals surface area contributed by atoms with Gasteiger partial charge < -0.3 is 0 Å². The Kier molecular flexibility index (Phi) is 5.97. The number of rotatable bonds is 4. The summed E-state index contributed by atoms with van der Waals surface area (Å²) in [6.45, 7) is 9.63. The van der Waals surface area contributed by atoms with Crippen molar-refractivity contribution in [1.29, 1.82) is 0 Å². The maximum absolute atomic E-state index is 3.60. The van der Waals surface area contributed by atoms with Gasteiger partial charge in [0.05, 0.1) is 0 Å². The van der Waals surface area contributed by atoms with Crippen LogP contribution in [0.1, 0.15) is 63.5 Å². The second kappa shape index (κ2) is 8.48. The molecule has 0 radical (unpaired) electrons. The van der Waals surface area contributed by atoms with Crippen molar-refractivity contribution in [3.8, 4) is 22.3 Å². The Balaban J connectivity index is 2.00. The van der Waals surface area contributed by atoms with Crippen LogP contribution < -0.4 is 0 Å². The molecule has 1 aliphatic carbocycles. The van der Waals surface area contributed by atoms with Crippen LogP contribution >= 0.6 is 15.9 Å². The third-order valence-electron chi connectivity index (χ3n) is 6.83. The fourth-order valence-electron chi connectivity index (χ4n) is 5.47. The predicted octanol–water partition coefficient (Wildman–Crippen LogP) is 9.06. The second-order valence-corrected chi connectivity index (χ2v) is 9.84. The third-order valence-corrected chi connectivity index (χ3v) is 7.36. The van der Waals surface area contributed by atoms with Gasteiger partial charge in [0.1, 0.15) is 0 Å². The van der Waals surface area contributed by atoms with Crippen LogP contribution in [-0.4, -0.2) is 0 Å². The van der Waals surface area contributed by atoms with E-state index < -0.39 is 0 Å². The van der Waals surface area contributed by atoms with Crippen molar-refractivity contribution in [3.63, 3.8) is 0 Å². The molecule has 0 bridgehead atoms. The molecule has 0 saturated heterocycles. The second-order valence-electron chi connectivity index (χ2n) is 8.92. The van der Waals surface area contributed by atoms with Crippen LogP contribution in [0.2, 0.25) is 0 Å². The minimum absolute atomic E-state index is 0.575. The van der Waals surface area contributed by atoms with Crippen molar-refractivity contribution in [2.45, 2.75) is 52.4 Å². The molecule has 3 atom stereocenters. The summed E-state index contributed by atoms with van der Waals surface area (Å²) in [6.07, 6.45) is 2.48. The SMILES string of the molecule is CCC1c2c(-c3ccc(Br)cc3)ccc(-c3ccccc3)c2[C@@H](C)CC1C(C)C. The fourth-order valence-corrected chi connectivity index (χ4v) is 5.73. The molecular weight excluding hydrogens is 416 g/mol. The molecule has 1 heteroatoms. The van der Waals surface area contributed by atoms with E-state index in [0.29, 0.717) is 17.8 Å². The van der Waals surface area contributed by atoms with Gasteiger partial charge >= 0.3 is 0 Å². The number of benzene rings is 3. The average molecular weight is 447 g/mol. The largest absolute Gasteiger partial charge is 0.0648 e. The highest BCUT2D eigenvalue weighted by atomic mass is 79.9. The minimum atomic E-state index is 0.575. The van der Waals surface area contributed by atoms with E-state index in [1.807, 2.05) is 0 Å². The van der Waals surface area contributed by atoms with E-state index in [-0.39, 0.29) is 0 Å². The van der Waals surface area contributed by atoms with Gasteiger partial charge in [-0.2, -0.15) is 0 Å². The minimum Gasteiger partial charge on any atom is -0.0648 e. The normalized spacial score (nSPS) is 21.2. The van der Waals surface area contributed by atoms with Gasteiger partial charge in [-0.1, -0.05) is 98.2 Å². The molecule has 4 rings (SSSR count). The van der Waals surface area contributed by atoms with Crippen molar-refractivity contribution in [2.24, 2.45) is 11.8 Å². The van der Waals surface area contributed by atoms with Gasteiger partial charge in [-0.05, 0) is 82.0 Å². The Morgan fingerprint density at radius 1 is 0.828 bits per heavy atom. The number of fused-ring (bicyclic) bond motifs is 1. The summed E-state index contributed by atoms with van der Waals surface area (Å²) in [5.41, 5.74) is 8.72. The Hall–Kier alpha value is -1.86. The van der Waals surface area contributed by atoms with E-state index in [4.69, 9.17) is 0 Å². The highest BCUT2D eigenvalue weighted by Crippen LogP contribution is 2.52. The molecule has 0 N–H and O–H groups in total. The Bertz CT molecular complexity index is 969. The van der Waals surface area contributed by atoms with Crippen LogP contribution in [0.15, 0.2) is 71.2 Å². The van der Waals surface area contributed by atoms with E-state index in [2.05, 4.69) is 110 Å². The zero-order chi connectivity index (χ0) is 20.5. The van der Waals surface area contributed by atoms with Crippen molar-refractivity contribution in [2.75, 3.05) is 0 Å². The van der Waals surface area contributed by atoms with Gasteiger partial charge in [-0.25, -0.2) is 0 Å². The predicted molar refractivity (Wildman–Crippen MR) is 129 cm³/mol. The Morgan fingerprint density at radius 3 is 2.00 bits per heavy atom. The number of hydrogen-bond acceptors (Lipinski definition) is 0. The monoisotopic (exact) mass is 446 g/mol. The average Bonchev–Trinajstić information content (AvgIpc) is 2.74. The molecule has 0 aliphatic heterocycles.